The molecule has 96 valence electrons. The Morgan fingerprint density at radius 1 is 1.33 bits per heavy atom. The number of anilines is 1. The highest BCUT2D eigenvalue weighted by molar-refractivity contribution is 7.98. The number of hydrogen-bond acceptors (Lipinski definition) is 4. The molecule has 4 heteroatoms. The lowest BCUT2D eigenvalue weighted by Crippen LogP contribution is -2.20. The first-order chi connectivity index (χ1) is 8.72. The molecule has 2 N–H and O–H groups in total. The summed E-state index contributed by atoms with van der Waals surface area (Å²) in [5.41, 5.74) is 9.04. The molecule has 0 saturated heterocycles. The van der Waals surface area contributed by atoms with Crippen molar-refractivity contribution in [3.8, 4) is 0 Å². The van der Waals surface area contributed by atoms with Crippen LogP contribution in [0.25, 0.3) is 10.9 Å². The second-order valence-electron chi connectivity index (χ2n) is 4.44. The molecule has 0 amide bonds. The molecule has 2 rings (SSSR count). The van der Waals surface area contributed by atoms with E-state index in [4.69, 9.17) is 5.73 Å². The average molecular weight is 261 g/mol. The Morgan fingerprint density at radius 3 is 2.94 bits per heavy atom. The lowest BCUT2D eigenvalue weighted by molar-refractivity contribution is 0.350. The lowest BCUT2D eigenvalue weighted by atomic mass is 10.1. The molecule has 1 heterocycles. The van der Waals surface area contributed by atoms with Gasteiger partial charge in [0.25, 0.3) is 0 Å². The van der Waals surface area contributed by atoms with Crippen LogP contribution < -0.4 is 5.73 Å². The molecule has 0 unspecified atom stereocenters. The topological polar surface area (TPSA) is 42.1 Å². The molecule has 0 bridgehead atoms. The molecule has 0 aliphatic rings. The van der Waals surface area contributed by atoms with Crippen molar-refractivity contribution in [2.75, 3.05) is 31.3 Å². The summed E-state index contributed by atoms with van der Waals surface area (Å²) in [5, 5.41) is 1.05. The van der Waals surface area contributed by atoms with Crippen molar-refractivity contribution in [3.05, 3.63) is 36.0 Å². The summed E-state index contributed by atoms with van der Waals surface area (Å²) in [4.78, 5) is 6.78. The van der Waals surface area contributed by atoms with Crippen LogP contribution in [0.3, 0.4) is 0 Å². The minimum absolute atomic E-state index is 0.800. The molecule has 0 aliphatic heterocycles. The zero-order valence-electron chi connectivity index (χ0n) is 10.9. The molecule has 1 aromatic heterocycles. The number of nitrogens with zero attached hydrogens (tertiary/aromatic N) is 2. The number of benzene rings is 1. The first-order valence-corrected chi connectivity index (χ1v) is 7.41. The van der Waals surface area contributed by atoms with Crippen LogP contribution in [-0.4, -0.2) is 35.5 Å². The number of fused-ring (bicyclic) bond motifs is 1. The molecule has 0 saturated carbocycles. The quantitative estimate of drug-likeness (QED) is 0.840. The highest BCUT2D eigenvalue weighted by Crippen LogP contribution is 2.23. The van der Waals surface area contributed by atoms with Crippen LogP contribution in [0.5, 0.6) is 0 Å². The number of thioether (sulfide) groups is 1. The monoisotopic (exact) mass is 261 g/mol. The van der Waals surface area contributed by atoms with Crippen LogP contribution >= 0.6 is 11.8 Å². The largest absolute Gasteiger partial charge is 0.398 e. The van der Waals surface area contributed by atoms with Crippen LogP contribution in [0.2, 0.25) is 0 Å². The van der Waals surface area contributed by atoms with Gasteiger partial charge in [-0.15, -0.1) is 0 Å². The Labute approximate surface area is 112 Å². The van der Waals surface area contributed by atoms with Gasteiger partial charge < -0.3 is 10.6 Å². The number of hydrogen-bond donors (Lipinski definition) is 1. The van der Waals surface area contributed by atoms with Crippen LogP contribution in [0.4, 0.5) is 5.69 Å². The van der Waals surface area contributed by atoms with Gasteiger partial charge in [0.2, 0.25) is 0 Å². The van der Waals surface area contributed by atoms with Crippen molar-refractivity contribution >= 4 is 28.4 Å². The van der Waals surface area contributed by atoms with Gasteiger partial charge in [-0.3, -0.25) is 4.98 Å². The zero-order valence-corrected chi connectivity index (χ0v) is 11.7. The highest BCUT2D eigenvalue weighted by atomic mass is 32.2. The average Bonchev–Trinajstić information content (AvgIpc) is 2.40. The Hall–Kier alpha value is -1.26. The van der Waals surface area contributed by atoms with E-state index in [2.05, 4.69) is 29.3 Å². The number of aromatic nitrogens is 1. The van der Waals surface area contributed by atoms with E-state index in [1.54, 1.807) is 0 Å². The first kappa shape index (κ1) is 13.2. The lowest BCUT2D eigenvalue weighted by Gasteiger charge is -2.17. The first-order valence-electron chi connectivity index (χ1n) is 6.02. The van der Waals surface area contributed by atoms with E-state index >= 15 is 0 Å². The van der Waals surface area contributed by atoms with Gasteiger partial charge in [0.15, 0.2) is 0 Å². The molecular weight excluding hydrogens is 242 g/mol. The predicted octanol–water partition coefficient (Wildman–Crippen LogP) is 2.61. The third-order valence-corrected chi connectivity index (χ3v) is 3.60. The van der Waals surface area contributed by atoms with Crippen molar-refractivity contribution < 1.29 is 0 Å². The van der Waals surface area contributed by atoms with Crippen molar-refractivity contribution in [1.29, 1.82) is 0 Å². The Bertz CT molecular complexity index is 527. The summed E-state index contributed by atoms with van der Waals surface area (Å²) in [5.74, 6) is 1.15. The van der Waals surface area contributed by atoms with Gasteiger partial charge in [0.1, 0.15) is 0 Å². The van der Waals surface area contributed by atoms with Crippen LogP contribution in [0.15, 0.2) is 30.5 Å². The summed E-state index contributed by atoms with van der Waals surface area (Å²) in [6.45, 7) is 1.99. The molecule has 0 spiro atoms. The number of nitrogen functional groups attached to an aromatic ring is 1. The smallest absolute Gasteiger partial charge is 0.0767 e. The van der Waals surface area contributed by atoms with Crippen molar-refractivity contribution in [3.63, 3.8) is 0 Å². The van der Waals surface area contributed by atoms with Gasteiger partial charge >= 0.3 is 0 Å². The van der Waals surface area contributed by atoms with E-state index in [9.17, 15) is 0 Å². The van der Waals surface area contributed by atoms with E-state index in [-0.39, 0.29) is 0 Å². The maximum absolute atomic E-state index is 5.98. The standard InChI is InChI=1S/C14H19N3S/c1-17(8-9-18-2)10-11-5-6-13(15)12-4-3-7-16-14(11)12/h3-7H,8-10,15H2,1-2H3. The summed E-state index contributed by atoms with van der Waals surface area (Å²) < 4.78 is 0. The summed E-state index contributed by atoms with van der Waals surface area (Å²) in [6.07, 6.45) is 3.96. The fourth-order valence-electron chi connectivity index (χ4n) is 2.00. The molecule has 18 heavy (non-hydrogen) atoms. The molecule has 0 aliphatic carbocycles. The van der Waals surface area contributed by atoms with Crippen molar-refractivity contribution in [2.45, 2.75) is 6.54 Å². The van der Waals surface area contributed by atoms with Crippen molar-refractivity contribution in [2.24, 2.45) is 0 Å². The SMILES string of the molecule is CSCCN(C)Cc1ccc(N)c2cccnc12. The minimum atomic E-state index is 0.800. The molecule has 3 nitrogen and oxygen atoms in total. The minimum Gasteiger partial charge on any atom is -0.398 e. The van der Waals surface area contributed by atoms with E-state index in [0.29, 0.717) is 0 Å². The van der Waals surface area contributed by atoms with Crippen LogP contribution in [0.1, 0.15) is 5.56 Å². The van der Waals surface area contributed by atoms with E-state index in [1.807, 2.05) is 36.2 Å². The summed E-state index contributed by atoms with van der Waals surface area (Å²) in [6, 6.07) is 8.02. The van der Waals surface area contributed by atoms with Crippen molar-refractivity contribution in [1.82, 2.24) is 9.88 Å². The Balaban J connectivity index is 2.26. The second kappa shape index (κ2) is 6.07. The molecule has 0 radical (unpaired) electrons. The van der Waals surface area contributed by atoms with Gasteiger partial charge in [-0.2, -0.15) is 11.8 Å². The maximum atomic E-state index is 5.98. The van der Waals surface area contributed by atoms with Gasteiger partial charge in [0, 0.05) is 36.1 Å². The molecule has 1 aromatic carbocycles. The zero-order chi connectivity index (χ0) is 13.0. The maximum Gasteiger partial charge on any atom is 0.0767 e. The van der Waals surface area contributed by atoms with Gasteiger partial charge in [-0.1, -0.05) is 6.07 Å². The molecule has 0 atom stereocenters. The van der Waals surface area contributed by atoms with Gasteiger partial charge in [-0.05, 0) is 37.1 Å². The van der Waals surface area contributed by atoms with E-state index < -0.39 is 0 Å². The molecule has 2 aromatic rings. The highest BCUT2D eigenvalue weighted by Gasteiger charge is 2.07. The summed E-state index contributed by atoms with van der Waals surface area (Å²) in [7, 11) is 2.14. The Morgan fingerprint density at radius 2 is 2.17 bits per heavy atom. The van der Waals surface area contributed by atoms with Gasteiger partial charge in [0.05, 0.1) is 5.52 Å². The van der Waals surface area contributed by atoms with E-state index in [0.717, 1.165) is 35.4 Å². The number of rotatable bonds is 5. The number of pyridine rings is 1. The summed E-state index contributed by atoms with van der Waals surface area (Å²) >= 11 is 1.87. The third-order valence-electron chi connectivity index (χ3n) is 3.00. The second-order valence-corrected chi connectivity index (χ2v) is 5.43. The molecule has 0 fully saturated rings. The molecular formula is C14H19N3S. The third kappa shape index (κ3) is 2.94. The fraction of sp³-hybridized carbons (Fsp3) is 0.357. The van der Waals surface area contributed by atoms with Crippen LogP contribution in [0, 0.1) is 0 Å². The van der Waals surface area contributed by atoms with Crippen LogP contribution in [-0.2, 0) is 6.54 Å². The normalized spacial score (nSPS) is 11.3. The fourth-order valence-corrected chi connectivity index (χ4v) is 2.49. The van der Waals surface area contributed by atoms with Gasteiger partial charge in [-0.25, -0.2) is 0 Å². The predicted molar refractivity (Wildman–Crippen MR) is 80.9 cm³/mol. The van der Waals surface area contributed by atoms with E-state index in [1.165, 1.54) is 5.56 Å². The number of nitrogens with two attached hydrogens (primary N) is 1. The Kier molecular flexibility index (Phi) is 4.44.